The minimum atomic E-state index is -1.36. The molecule has 0 spiro atoms. The molecule has 0 bridgehead atoms. The van der Waals surface area contributed by atoms with Gasteiger partial charge in [-0.05, 0) is 66.6 Å². The van der Waals surface area contributed by atoms with Crippen LogP contribution < -0.4 is 5.56 Å². The first kappa shape index (κ1) is 24.8. The van der Waals surface area contributed by atoms with Gasteiger partial charge in [0.2, 0.25) is 0 Å². The molecule has 8 nitrogen and oxygen atoms in total. The molecule has 1 unspecified atom stereocenters. The average molecular weight is 519 g/mol. The number of pyridine rings is 1. The van der Waals surface area contributed by atoms with Crippen LogP contribution >= 0.6 is 11.3 Å². The molecule has 2 aromatic heterocycles. The molecule has 0 N–H and O–H groups in total. The number of nitro groups is 1. The summed E-state index contributed by atoms with van der Waals surface area (Å²) in [5.41, 5.74) is 1.14. The second-order valence-electron chi connectivity index (χ2n) is 9.11. The Morgan fingerprint density at radius 2 is 1.95 bits per heavy atom. The van der Waals surface area contributed by atoms with E-state index in [2.05, 4.69) is 6.07 Å². The van der Waals surface area contributed by atoms with E-state index >= 15 is 0 Å². The second-order valence-corrected chi connectivity index (χ2v) is 10.1. The van der Waals surface area contributed by atoms with E-state index in [1.54, 1.807) is 37.3 Å². The number of ether oxygens (including phenoxy) is 1. The second kappa shape index (κ2) is 9.52. The summed E-state index contributed by atoms with van der Waals surface area (Å²) in [5.74, 6) is -0.401. The molecule has 1 aliphatic rings. The van der Waals surface area contributed by atoms with Crippen LogP contribution in [0.4, 0.5) is 9.39 Å². The summed E-state index contributed by atoms with van der Waals surface area (Å²) in [5, 5.41) is 22.2. The molecular formula is C27H23FN4O4S. The van der Waals surface area contributed by atoms with Gasteiger partial charge in [-0.3, -0.25) is 24.4 Å². The molecular weight excluding hydrogens is 495 g/mol. The molecule has 5 rings (SSSR count). The lowest BCUT2D eigenvalue weighted by Crippen LogP contribution is -2.50. The third-order valence-corrected chi connectivity index (χ3v) is 7.85. The van der Waals surface area contributed by atoms with Crippen molar-refractivity contribution in [3.63, 3.8) is 0 Å². The van der Waals surface area contributed by atoms with Crippen molar-refractivity contribution >= 4 is 26.6 Å². The first-order chi connectivity index (χ1) is 17.7. The maximum atomic E-state index is 14.3. The van der Waals surface area contributed by atoms with Crippen molar-refractivity contribution < 1.29 is 14.1 Å². The van der Waals surface area contributed by atoms with Gasteiger partial charge < -0.3 is 4.74 Å². The van der Waals surface area contributed by atoms with Gasteiger partial charge in [-0.25, -0.2) is 4.39 Å². The molecule has 2 aromatic carbocycles. The molecule has 0 radical (unpaired) electrons. The zero-order valence-electron chi connectivity index (χ0n) is 20.2. The Labute approximate surface area is 215 Å². The highest BCUT2D eigenvalue weighted by Crippen LogP contribution is 2.49. The fourth-order valence-corrected chi connectivity index (χ4v) is 6.12. The van der Waals surface area contributed by atoms with E-state index in [1.165, 1.54) is 16.7 Å². The van der Waals surface area contributed by atoms with E-state index < -0.39 is 16.3 Å². The number of aryl methyl sites for hydroxylation is 2. The summed E-state index contributed by atoms with van der Waals surface area (Å²) < 4.78 is 22.1. The van der Waals surface area contributed by atoms with Gasteiger partial charge in [0.05, 0.1) is 35.4 Å². The Bertz CT molecular complexity index is 1620. The highest BCUT2D eigenvalue weighted by molar-refractivity contribution is 7.22. The largest absolute Gasteiger partial charge is 0.363 e. The zero-order chi connectivity index (χ0) is 26.3. The number of benzene rings is 2. The van der Waals surface area contributed by atoms with E-state index in [1.807, 2.05) is 24.0 Å². The summed E-state index contributed by atoms with van der Waals surface area (Å²) in [4.78, 5) is 27.3. The summed E-state index contributed by atoms with van der Waals surface area (Å²) in [7, 11) is 0. The Kier molecular flexibility index (Phi) is 6.37. The number of halogens is 1. The average Bonchev–Trinajstić information content (AvgIpc) is 3.27. The molecule has 0 aliphatic carbocycles. The predicted octanol–water partition coefficient (Wildman–Crippen LogP) is 4.82. The highest BCUT2D eigenvalue weighted by atomic mass is 32.1. The molecule has 1 fully saturated rings. The van der Waals surface area contributed by atoms with Crippen molar-refractivity contribution in [3.05, 3.63) is 103 Å². The summed E-state index contributed by atoms with van der Waals surface area (Å²) in [6, 6.07) is 17.0. The quantitative estimate of drug-likeness (QED) is 0.213. The van der Waals surface area contributed by atoms with Gasteiger partial charge in [0.1, 0.15) is 16.2 Å². The van der Waals surface area contributed by atoms with E-state index in [9.17, 15) is 24.6 Å². The monoisotopic (exact) mass is 518 g/mol. The van der Waals surface area contributed by atoms with Gasteiger partial charge in [-0.1, -0.05) is 23.8 Å². The molecule has 1 aliphatic heterocycles. The summed E-state index contributed by atoms with van der Waals surface area (Å²) >= 11 is 0.907. The Hall–Kier alpha value is -3.91. The van der Waals surface area contributed by atoms with Crippen molar-refractivity contribution in [2.45, 2.75) is 19.4 Å². The zero-order valence-corrected chi connectivity index (χ0v) is 21.0. The lowest BCUT2D eigenvalue weighted by Gasteiger charge is -2.42. The number of hydrogen-bond donors (Lipinski definition) is 0. The SMILES string of the molecule is Cc1ccc(-n2c(=O)ccc3c(C4(c5ccc(F)c(C)c5)CN(CC#N)CCO4)c([N+](=O)[O-])sc32)cc1. The number of nitrogens with zero attached hydrogens (tertiary/aromatic N) is 4. The minimum absolute atomic E-state index is 0.106. The molecule has 37 heavy (non-hydrogen) atoms. The van der Waals surface area contributed by atoms with Crippen LogP contribution in [-0.4, -0.2) is 40.6 Å². The Balaban J connectivity index is 1.86. The number of rotatable bonds is 5. The van der Waals surface area contributed by atoms with Crippen LogP contribution in [0.15, 0.2) is 59.4 Å². The van der Waals surface area contributed by atoms with E-state index in [4.69, 9.17) is 4.74 Å². The van der Waals surface area contributed by atoms with E-state index in [-0.39, 0.29) is 30.3 Å². The van der Waals surface area contributed by atoms with Crippen LogP contribution in [0, 0.1) is 41.1 Å². The van der Waals surface area contributed by atoms with Crippen LogP contribution in [0.2, 0.25) is 0 Å². The van der Waals surface area contributed by atoms with Crippen LogP contribution in [-0.2, 0) is 10.3 Å². The van der Waals surface area contributed by atoms with Crippen molar-refractivity contribution in [3.8, 4) is 11.8 Å². The normalized spacial score (nSPS) is 18.1. The molecule has 4 aromatic rings. The van der Waals surface area contributed by atoms with Crippen molar-refractivity contribution in [1.29, 1.82) is 5.26 Å². The fraction of sp³-hybridized carbons (Fsp3) is 0.259. The third-order valence-electron chi connectivity index (χ3n) is 6.71. The fourth-order valence-electron chi connectivity index (χ4n) is 4.92. The Morgan fingerprint density at radius 3 is 2.62 bits per heavy atom. The molecule has 188 valence electrons. The van der Waals surface area contributed by atoms with Crippen molar-refractivity contribution in [2.24, 2.45) is 0 Å². The van der Waals surface area contributed by atoms with Crippen molar-refractivity contribution in [1.82, 2.24) is 9.47 Å². The Morgan fingerprint density at radius 1 is 1.19 bits per heavy atom. The summed E-state index contributed by atoms with van der Waals surface area (Å²) in [6.45, 7) is 4.50. The minimum Gasteiger partial charge on any atom is -0.363 e. The first-order valence-electron chi connectivity index (χ1n) is 11.7. The number of nitriles is 1. The molecule has 1 atom stereocenters. The molecule has 0 amide bonds. The van der Waals surface area contributed by atoms with Crippen LogP contribution in [0.1, 0.15) is 22.3 Å². The maximum Gasteiger partial charge on any atom is 0.333 e. The van der Waals surface area contributed by atoms with Crippen LogP contribution in [0.5, 0.6) is 0 Å². The number of morpholine rings is 1. The van der Waals surface area contributed by atoms with Gasteiger partial charge in [0.25, 0.3) is 5.56 Å². The molecule has 1 saturated heterocycles. The third kappa shape index (κ3) is 4.21. The predicted molar refractivity (Wildman–Crippen MR) is 139 cm³/mol. The van der Waals surface area contributed by atoms with Gasteiger partial charge >= 0.3 is 5.00 Å². The van der Waals surface area contributed by atoms with Gasteiger partial charge in [-0.15, -0.1) is 0 Å². The number of aromatic nitrogens is 1. The van der Waals surface area contributed by atoms with Crippen LogP contribution in [0.25, 0.3) is 15.9 Å². The van der Waals surface area contributed by atoms with E-state index in [0.717, 1.165) is 16.9 Å². The van der Waals surface area contributed by atoms with Gasteiger partial charge in [-0.2, -0.15) is 5.26 Å². The standard InChI is InChI=1S/C27H23FN4O4S/c1-17-3-6-20(7-4-17)31-23(33)10-8-21-24(26(32(34)35)37-25(21)31)27(16-30(12-11-29)13-14-36-27)19-5-9-22(28)18(2)15-19/h3-10,15H,12-14,16H2,1-2H3. The number of thiophene rings is 1. The number of fused-ring (bicyclic) bond motifs is 1. The van der Waals surface area contributed by atoms with Crippen molar-refractivity contribution in [2.75, 3.05) is 26.2 Å². The topological polar surface area (TPSA) is 101 Å². The van der Waals surface area contributed by atoms with Crippen LogP contribution in [0.3, 0.4) is 0 Å². The maximum absolute atomic E-state index is 14.3. The smallest absolute Gasteiger partial charge is 0.333 e. The highest BCUT2D eigenvalue weighted by Gasteiger charge is 2.47. The molecule has 3 heterocycles. The molecule has 0 saturated carbocycles. The number of hydrogen-bond acceptors (Lipinski definition) is 7. The van der Waals surface area contributed by atoms with E-state index in [0.29, 0.717) is 39.1 Å². The first-order valence-corrected chi connectivity index (χ1v) is 12.5. The lowest BCUT2D eigenvalue weighted by molar-refractivity contribution is -0.381. The molecule has 10 heteroatoms. The summed E-state index contributed by atoms with van der Waals surface area (Å²) in [6.07, 6.45) is 0. The lowest BCUT2D eigenvalue weighted by atomic mass is 9.83. The van der Waals surface area contributed by atoms with Gasteiger partial charge in [0.15, 0.2) is 0 Å². The van der Waals surface area contributed by atoms with Gasteiger partial charge in [0, 0.05) is 24.5 Å².